The highest BCUT2D eigenvalue weighted by atomic mass is 32.2. The molecule has 8 nitrogen and oxygen atoms in total. The molecule has 30 heavy (non-hydrogen) atoms. The molecule has 0 aromatic heterocycles. The van der Waals surface area contributed by atoms with Gasteiger partial charge in [-0.1, -0.05) is 0 Å². The van der Waals surface area contributed by atoms with Crippen LogP contribution in [0, 0.1) is 11.3 Å². The van der Waals surface area contributed by atoms with Gasteiger partial charge < -0.3 is 4.90 Å². The summed E-state index contributed by atoms with van der Waals surface area (Å²) in [6.07, 6.45) is 3.18. The molecule has 1 fully saturated rings. The van der Waals surface area contributed by atoms with Crippen LogP contribution < -0.4 is 9.62 Å². The third-order valence-corrected chi connectivity index (χ3v) is 8.19. The van der Waals surface area contributed by atoms with Crippen LogP contribution in [0.4, 0.5) is 11.4 Å². The van der Waals surface area contributed by atoms with E-state index < -0.39 is 20.0 Å². The third kappa shape index (κ3) is 4.59. The van der Waals surface area contributed by atoms with E-state index in [1.807, 2.05) is 6.07 Å². The van der Waals surface area contributed by atoms with E-state index >= 15 is 0 Å². The van der Waals surface area contributed by atoms with E-state index in [9.17, 15) is 22.1 Å². The topological polar surface area (TPSA) is 111 Å². The van der Waals surface area contributed by atoms with E-state index in [0.29, 0.717) is 11.3 Å². The molecule has 1 N–H and O–H groups in total. The molecule has 2 aromatic rings. The number of benzene rings is 2. The quantitative estimate of drug-likeness (QED) is 0.727. The van der Waals surface area contributed by atoms with Gasteiger partial charge in [-0.2, -0.15) is 5.26 Å². The first-order valence-electron chi connectivity index (χ1n) is 9.50. The van der Waals surface area contributed by atoms with Crippen molar-refractivity contribution < 1.29 is 16.8 Å². The summed E-state index contributed by atoms with van der Waals surface area (Å²) in [6, 6.07) is 12.0. The number of hydrogen-bond donors (Lipinski definition) is 1. The van der Waals surface area contributed by atoms with Gasteiger partial charge in [0.2, 0.25) is 10.0 Å². The molecular formula is C20H24N4O4S2. The average molecular weight is 449 g/mol. The van der Waals surface area contributed by atoms with Crippen molar-refractivity contribution in [2.45, 2.75) is 29.1 Å². The molecule has 0 aliphatic carbocycles. The summed E-state index contributed by atoms with van der Waals surface area (Å²) in [6.45, 7) is 1.63. The van der Waals surface area contributed by atoms with Gasteiger partial charge in [0.25, 0.3) is 10.0 Å². The van der Waals surface area contributed by atoms with E-state index in [-0.39, 0.29) is 9.79 Å². The summed E-state index contributed by atoms with van der Waals surface area (Å²) >= 11 is 0. The van der Waals surface area contributed by atoms with Crippen molar-refractivity contribution in [2.75, 3.05) is 36.8 Å². The molecule has 0 unspecified atom stereocenters. The van der Waals surface area contributed by atoms with Crippen LogP contribution in [-0.4, -0.2) is 48.3 Å². The molecular weight excluding hydrogens is 424 g/mol. The second kappa shape index (κ2) is 8.63. The molecule has 0 bridgehead atoms. The minimum atomic E-state index is -3.98. The normalized spacial score (nSPS) is 15.1. The fourth-order valence-electron chi connectivity index (χ4n) is 3.30. The highest BCUT2D eigenvalue weighted by Crippen LogP contribution is 2.31. The standard InChI is InChI=1S/C20H24N4O4S2/c1-23(2)30(27,28)18-9-7-17(8-10-18)29(25,26)22-19-14-16(15-21)6-11-20(19)24-12-4-3-5-13-24/h6-11,14,22H,3-5,12-13H2,1-2H3. The maximum Gasteiger partial charge on any atom is 0.261 e. The zero-order valence-electron chi connectivity index (χ0n) is 16.9. The predicted octanol–water partition coefficient (Wildman–Crippen LogP) is 2.60. The zero-order chi connectivity index (χ0) is 21.9. The monoisotopic (exact) mass is 448 g/mol. The van der Waals surface area contributed by atoms with Crippen LogP contribution in [0.2, 0.25) is 0 Å². The molecule has 0 saturated carbocycles. The number of rotatable bonds is 6. The Bertz CT molecular complexity index is 1160. The Morgan fingerprint density at radius 3 is 2.10 bits per heavy atom. The summed E-state index contributed by atoms with van der Waals surface area (Å²) in [7, 11) is -4.81. The Morgan fingerprint density at radius 1 is 0.933 bits per heavy atom. The second-order valence-corrected chi connectivity index (χ2v) is 11.1. The lowest BCUT2D eigenvalue weighted by Crippen LogP contribution is -2.30. The number of sulfonamides is 2. The van der Waals surface area contributed by atoms with Crippen LogP contribution in [-0.2, 0) is 20.0 Å². The van der Waals surface area contributed by atoms with Gasteiger partial charge in [-0.15, -0.1) is 0 Å². The number of anilines is 2. The SMILES string of the molecule is CN(C)S(=O)(=O)c1ccc(S(=O)(=O)Nc2cc(C#N)ccc2N2CCCCC2)cc1. The van der Waals surface area contributed by atoms with Crippen molar-refractivity contribution in [3.05, 3.63) is 48.0 Å². The molecule has 2 aromatic carbocycles. The summed E-state index contributed by atoms with van der Waals surface area (Å²) in [4.78, 5) is 2.05. The van der Waals surface area contributed by atoms with Crippen LogP contribution in [0.15, 0.2) is 52.3 Å². The van der Waals surface area contributed by atoms with Gasteiger partial charge in [-0.05, 0) is 61.7 Å². The molecule has 1 saturated heterocycles. The highest BCUT2D eigenvalue weighted by molar-refractivity contribution is 7.92. The fourth-order valence-corrected chi connectivity index (χ4v) is 5.27. The van der Waals surface area contributed by atoms with Gasteiger partial charge in [0.1, 0.15) is 0 Å². The number of nitriles is 1. The molecule has 0 radical (unpaired) electrons. The molecule has 1 heterocycles. The minimum absolute atomic E-state index is 0.00642. The lowest BCUT2D eigenvalue weighted by atomic mass is 10.1. The highest BCUT2D eigenvalue weighted by Gasteiger charge is 2.22. The van der Waals surface area contributed by atoms with Crippen molar-refractivity contribution in [2.24, 2.45) is 0 Å². The summed E-state index contributed by atoms with van der Waals surface area (Å²) in [5, 5.41) is 9.23. The van der Waals surface area contributed by atoms with Gasteiger partial charge in [0, 0.05) is 27.2 Å². The van der Waals surface area contributed by atoms with Crippen LogP contribution >= 0.6 is 0 Å². The fraction of sp³-hybridized carbons (Fsp3) is 0.350. The van der Waals surface area contributed by atoms with Gasteiger partial charge >= 0.3 is 0 Å². The largest absolute Gasteiger partial charge is 0.370 e. The Kier molecular flexibility index (Phi) is 6.36. The molecule has 10 heteroatoms. The van der Waals surface area contributed by atoms with E-state index in [1.165, 1.54) is 44.4 Å². The molecule has 1 aliphatic heterocycles. The third-order valence-electron chi connectivity index (χ3n) is 4.98. The number of piperidine rings is 1. The van der Waals surface area contributed by atoms with Crippen molar-refractivity contribution in [1.29, 1.82) is 5.26 Å². The summed E-state index contributed by atoms with van der Waals surface area (Å²) in [5.41, 5.74) is 1.41. The Morgan fingerprint density at radius 2 is 1.53 bits per heavy atom. The molecule has 1 aliphatic rings. The first-order chi connectivity index (χ1) is 14.1. The van der Waals surface area contributed by atoms with Gasteiger partial charge in [0.05, 0.1) is 32.8 Å². The zero-order valence-corrected chi connectivity index (χ0v) is 18.5. The maximum absolute atomic E-state index is 13.0. The van der Waals surface area contributed by atoms with E-state index in [4.69, 9.17) is 0 Å². The van der Waals surface area contributed by atoms with Crippen molar-refractivity contribution in [3.8, 4) is 6.07 Å². The van der Waals surface area contributed by atoms with Gasteiger partial charge in [-0.25, -0.2) is 21.1 Å². The van der Waals surface area contributed by atoms with Gasteiger partial charge in [0.15, 0.2) is 0 Å². The van der Waals surface area contributed by atoms with Crippen LogP contribution in [0.5, 0.6) is 0 Å². The lowest BCUT2D eigenvalue weighted by Gasteiger charge is -2.30. The number of nitrogens with zero attached hydrogens (tertiary/aromatic N) is 3. The first kappa shape index (κ1) is 22.1. The second-order valence-electron chi connectivity index (χ2n) is 7.26. The molecule has 0 spiro atoms. The molecule has 160 valence electrons. The smallest absolute Gasteiger partial charge is 0.261 e. The van der Waals surface area contributed by atoms with Gasteiger partial charge in [-0.3, -0.25) is 4.72 Å². The summed E-state index contributed by atoms with van der Waals surface area (Å²) in [5.74, 6) is 0. The molecule has 0 amide bonds. The van der Waals surface area contributed by atoms with Crippen molar-refractivity contribution in [3.63, 3.8) is 0 Å². The Balaban J connectivity index is 1.94. The number of nitrogens with one attached hydrogen (secondary N) is 1. The van der Waals surface area contributed by atoms with Crippen LogP contribution in [0.3, 0.4) is 0 Å². The molecule has 3 rings (SSSR count). The first-order valence-corrected chi connectivity index (χ1v) is 12.4. The average Bonchev–Trinajstić information content (AvgIpc) is 2.74. The Labute approximate surface area is 177 Å². The molecule has 0 atom stereocenters. The van der Waals surface area contributed by atoms with Crippen molar-refractivity contribution in [1.82, 2.24) is 4.31 Å². The van der Waals surface area contributed by atoms with E-state index in [2.05, 4.69) is 9.62 Å². The summed E-state index contributed by atoms with van der Waals surface area (Å²) < 4.78 is 54.0. The van der Waals surface area contributed by atoms with E-state index in [1.54, 1.807) is 12.1 Å². The predicted molar refractivity (Wildman–Crippen MR) is 115 cm³/mol. The maximum atomic E-state index is 13.0. The van der Waals surface area contributed by atoms with Crippen LogP contribution in [0.25, 0.3) is 0 Å². The Hall–Kier alpha value is -2.61. The minimum Gasteiger partial charge on any atom is -0.370 e. The number of hydrogen-bond acceptors (Lipinski definition) is 6. The lowest BCUT2D eigenvalue weighted by molar-refractivity contribution is 0.520. The van der Waals surface area contributed by atoms with Crippen LogP contribution in [0.1, 0.15) is 24.8 Å². The van der Waals surface area contributed by atoms with Crippen molar-refractivity contribution >= 4 is 31.4 Å². The van der Waals surface area contributed by atoms with E-state index in [0.717, 1.165) is 42.3 Å².